The maximum Gasteiger partial charge on any atom is 0.407 e. The van der Waals surface area contributed by atoms with Gasteiger partial charge in [-0.1, -0.05) is 0 Å². The summed E-state index contributed by atoms with van der Waals surface area (Å²) in [6, 6.07) is 4.06. The van der Waals surface area contributed by atoms with Crippen molar-refractivity contribution >= 4 is 11.9 Å². The van der Waals surface area contributed by atoms with Crippen LogP contribution in [0.15, 0.2) is 18.2 Å². The van der Waals surface area contributed by atoms with Gasteiger partial charge >= 0.3 is 6.09 Å². The summed E-state index contributed by atoms with van der Waals surface area (Å²) in [5, 5.41) is 8.83. The third kappa shape index (κ3) is 2.09. The van der Waals surface area contributed by atoms with Gasteiger partial charge in [0.25, 0.3) is 0 Å². The number of ketones is 1. The standard InChI is InChI=1S/C12H13NO5/c1-7(13(2)12(15)16)11(14)8-3-4-9-10(5-8)18-6-17-9/h3-5,7H,6H2,1-2H3,(H,15,16)/t7-/m0/s1. The minimum Gasteiger partial charge on any atom is -0.465 e. The van der Waals surface area contributed by atoms with Crippen LogP contribution in [0.5, 0.6) is 11.5 Å². The first-order chi connectivity index (χ1) is 8.50. The van der Waals surface area contributed by atoms with Gasteiger partial charge in [0.05, 0.1) is 6.04 Å². The van der Waals surface area contributed by atoms with Gasteiger partial charge in [-0.3, -0.25) is 4.79 Å². The Kier molecular flexibility index (Phi) is 3.10. The highest BCUT2D eigenvalue weighted by Gasteiger charge is 2.24. The van der Waals surface area contributed by atoms with E-state index in [0.717, 1.165) is 4.90 Å². The number of amides is 1. The van der Waals surface area contributed by atoms with E-state index in [1.807, 2.05) is 0 Å². The minimum absolute atomic E-state index is 0.136. The topological polar surface area (TPSA) is 76.1 Å². The lowest BCUT2D eigenvalue weighted by Gasteiger charge is -2.20. The van der Waals surface area contributed by atoms with Gasteiger partial charge in [-0.05, 0) is 25.1 Å². The van der Waals surface area contributed by atoms with Crippen molar-refractivity contribution in [2.75, 3.05) is 13.8 Å². The highest BCUT2D eigenvalue weighted by atomic mass is 16.7. The van der Waals surface area contributed by atoms with Gasteiger partial charge in [0, 0.05) is 12.6 Å². The van der Waals surface area contributed by atoms with Crippen molar-refractivity contribution < 1.29 is 24.2 Å². The molecule has 0 saturated heterocycles. The molecule has 0 bridgehead atoms. The molecule has 1 aromatic carbocycles. The lowest BCUT2D eigenvalue weighted by atomic mass is 10.0. The van der Waals surface area contributed by atoms with Gasteiger partial charge in [-0.25, -0.2) is 4.79 Å². The van der Waals surface area contributed by atoms with Crippen molar-refractivity contribution in [2.45, 2.75) is 13.0 Å². The van der Waals surface area contributed by atoms with E-state index < -0.39 is 12.1 Å². The molecule has 1 aliphatic heterocycles. The number of hydrogen-bond donors (Lipinski definition) is 1. The SMILES string of the molecule is C[C@@H](C(=O)c1ccc2c(c1)OCO2)N(C)C(=O)O. The molecule has 0 spiro atoms. The summed E-state index contributed by atoms with van der Waals surface area (Å²) in [6.45, 7) is 1.68. The zero-order chi connectivity index (χ0) is 13.3. The molecule has 1 heterocycles. The summed E-state index contributed by atoms with van der Waals surface area (Å²) >= 11 is 0. The summed E-state index contributed by atoms with van der Waals surface area (Å²) < 4.78 is 10.3. The van der Waals surface area contributed by atoms with E-state index in [0.29, 0.717) is 17.1 Å². The number of rotatable bonds is 3. The Morgan fingerprint density at radius 3 is 2.67 bits per heavy atom. The van der Waals surface area contributed by atoms with Crippen LogP contribution in [0.1, 0.15) is 17.3 Å². The molecular weight excluding hydrogens is 238 g/mol. The first-order valence-corrected chi connectivity index (χ1v) is 5.40. The fourth-order valence-corrected chi connectivity index (χ4v) is 1.63. The molecule has 1 N–H and O–H groups in total. The van der Waals surface area contributed by atoms with Crippen LogP contribution in [0.4, 0.5) is 4.79 Å². The van der Waals surface area contributed by atoms with Crippen molar-refractivity contribution in [3.8, 4) is 11.5 Å². The molecule has 6 nitrogen and oxygen atoms in total. The van der Waals surface area contributed by atoms with E-state index in [1.165, 1.54) is 7.05 Å². The molecule has 0 fully saturated rings. The molecular formula is C12H13NO5. The Morgan fingerprint density at radius 2 is 2.00 bits per heavy atom. The van der Waals surface area contributed by atoms with E-state index in [2.05, 4.69) is 0 Å². The molecule has 1 amide bonds. The Balaban J connectivity index is 2.21. The molecule has 0 radical (unpaired) electrons. The Hall–Kier alpha value is -2.24. The average Bonchev–Trinajstić information content (AvgIpc) is 2.82. The number of benzene rings is 1. The maximum absolute atomic E-state index is 12.1. The van der Waals surface area contributed by atoms with Gasteiger partial charge in [0.1, 0.15) is 0 Å². The molecule has 18 heavy (non-hydrogen) atoms. The fraction of sp³-hybridized carbons (Fsp3) is 0.333. The molecule has 0 aliphatic carbocycles. The van der Waals surface area contributed by atoms with Crippen LogP contribution in [-0.2, 0) is 0 Å². The van der Waals surface area contributed by atoms with Crippen LogP contribution in [0.3, 0.4) is 0 Å². The molecule has 1 atom stereocenters. The smallest absolute Gasteiger partial charge is 0.407 e. The van der Waals surface area contributed by atoms with Gasteiger partial charge < -0.3 is 19.5 Å². The second kappa shape index (κ2) is 4.56. The summed E-state index contributed by atoms with van der Waals surface area (Å²) in [5.41, 5.74) is 0.403. The number of Topliss-reactive ketones (excluding diaryl/α,β-unsaturated/α-hetero) is 1. The van der Waals surface area contributed by atoms with E-state index in [-0.39, 0.29) is 12.6 Å². The van der Waals surface area contributed by atoms with Crippen LogP contribution < -0.4 is 9.47 Å². The highest BCUT2D eigenvalue weighted by molar-refractivity contribution is 6.01. The molecule has 0 aromatic heterocycles. The first-order valence-electron chi connectivity index (χ1n) is 5.40. The average molecular weight is 251 g/mol. The number of ether oxygens (including phenoxy) is 2. The summed E-state index contributed by atoms with van der Waals surface area (Å²) in [4.78, 5) is 23.8. The molecule has 0 unspecified atom stereocenters. The monoisotopic (exact) mass is 251 g/mol. The van der Waals surface area contributed by atoms with E-state index in [4.69, 9.17) is 14.6 Å². The van der Waals surface area contributed by atoms with E-state index in [9.17, 15) is 9.59 Å². The predicted octanol–water partition coefficient (Wildman–Crippen LogP) is 1.60. The van der Waals surface area contributed by atoms with Gasteiger partial charge in [0.15, 0.2) is 17.3 Å². The molecule has 2 rings (SSSR count). The van der Waals surface area contributed by atoms with Gasteiger partial charge in [0.2, 0.25) is 6.79 Å². The molecule has 6 heteroatoms. The maximum atomic E-state index is 12.1. The predicted molar refractivity (Wildman–Crippen MR) is 62.1 cm³/mol. The summed E-state index contributed by atoms with van der Waals surface area (Å²) in [6.07, 6.45) is -1.14. The zero-order valence-electron chi connectivity index (χ0n) is 10.0. The van der Waals surface area contributed by atoms with Gasteiger partial charge in [-0.2, -0.15) is 0 Å². The summed E-state index contributed by atoms with van der Waals surface area (Å²) in [7, 11) is 1.36. The number of hydrogen-bond acceptors (Lipinski definition) is 4. The second-order valence-electron chi connectivity index (χ2n) is 4.00. The molecule has 0 saturated carbocycles. The number of nitrogens with zero attached hydrogens (tertiary/aromatic N) is 1. The lowest BCUT2D eigenvalue weighted by Crippen LogP contribution is -2.39. The van der Waals surface area contributed by atoms with Crippen LogP contribution >= 0.6 is 0 Å². The van der Waals surface area contributed by atoms with Crippen LogP contribution in [0.25, 0.3) is 0 Å². The van der Waals surface area contributed by atoms with Crippen LogP contribution in [0.2, 0.25) is 0 Å². The third-order valence-electron chi connectivity index (χ3n) is 2.92. The normalized spacial score (nSPS) is 14.1. The fourth-order valence-electron chi connectivity index (χ4n) is 1.63. The number of carboxylic acid groups (broad SMARTS) is 1. The van der Waals surface area contributed by atoms with Crippen molar-refractivity contribution in [3.63, 3.8) is 0 Å². The largest absolute Gasteiger partial charge is 0.465 e. The van der Waals surface area contributed by atoms with Gasteiger partial charge in [-0.15, -0.1) is 0 Å². The first kappa shape index (κ1) is 12.2. The number of carbonyl (C=O) groups excluding carboxylic acids is 1. The Labute approximate surface area is 104 Å². The van der Waals surface area contributed by atoms with Crippen LogP contribution in [0, 0.1) is 0 Å². The molecule has 1 aliphatic rings. The highest BCUT2D eigenvalue weighted by Crippen LogP contribution is 2.32. The quantitative estimate of drug-likeness (QED) is 0.826. The number of fused-ring (bicyclic) bond motifs is 1. The third-order valence-corrected chi connectivity index (χ3v) is 2.92. The zero-order valence-corrected chi connectivity index (χ0v) is 10.0. The lowest BCUT2D eigenvalue weighted by molar-refractivity contribution is 0.0844. The van der Waals surface area contributed by atoms with E-state index >= 15 is 0 Å². The van der Waals surface area contributed by atoms with Crippen molar-refractivity contribution in [3.05, 3.63) is 23.8 Å². The molecule has 96 valence electrons. The Bertz CT molecular complexity index is 499. The summed E-state index contributed by atoms with van der Waals surface area (Å²) in [5.74, 6) is 0.815. The number of likely N-dealkylation sites (N-methyl/N-ethyl adjacent to an activating group) is 1. The molecule has 1 aromatic rings. The minimum atomic E-state index is -1.14. The van der Waals surface area contributed by atoms with Crippen LogP contribution in [-0.4, -0.2) is 41.8 Å². The number of carbonyl (C=O) groups is 2. The second-order valence-corrected chi connectivity index (χ2v) is 4.00. The van der Waals surface area contributed by atoms with Crippen molar-refractivity contribution in [1.82, 2.24) is 4.90 Å². The Morgan fingerprint density at radius 1 is 1.33 bits per heavy atom. The van der Waals surface area contributed by atoms with Crippen molar-refractivity contribution in [2.24, 2.45) is 0 Å². The van der Waals surface area contributed by atoms with Crippen molar-refractivity contribution in [1.29, 1.82) is 0 Å². The van der Waals surface area contributed by atoms with E-state index in [1.54, 1.807) is 25.1 Å².